The number of hydrogen-bond donors (Lipinski definition) is 2. The Bertz CT molecular complexity index is 1130. The highest BCUT2D eigenvalue weighted by Gasteiger charge is 2.17. The lowest BCUT2D eigenvalue weighted by Gasteiger charge is -2.10. The molecular formula is C20H17N3O5S. The standard InChI is InChI=1S/C20H17N3O5S/c24-20(21-14-15-5-2-1-3-6-15)16-7-4-8-17(13-16)22-29(27,28)19-11-9-18(10-12-19)23(25)26/h1-13,22H,14H2,(H,21,24). The molecule has 0 atom stereocenters. The Balaban J connectivity index is 1.71. The molecule has 0 unspecified atom stereocenters. The fourth-order valence-corrected chi connectivity index (χ4v) is 3.61. The summed E-state index contributed by atoms with van der Waals surface area (Å²) < 4.78 is 27.4. The number of non-ortho nitro benzene ring substituents is 1. The number of hydrogen-bond acceptors (Lipinski definition) is 5. The van der Waals surface area contributed by atoms with Gasteiger partial charge in [0.15, 0.2) is 0 Å². The van der Waals surface area contributed by atoms with Crippen LogP contribution in [0.1, 0.15) is 15.9 Å². The highest BCUT2D eigenvalue weighted by molar-refractivity contribution is 7.92. The zero-order valence-corrected chi connectivity index (χ0v) is 15.9. The molecule has 0 heterocycles. The van der Waals surface area contributed by atoms with Crippen LogP contribution in [0, 0.1) is 10.1 Å². The first kappa shape index (κ1) is 20.0. The van der Waals surface area contributed by atoms with E-state index >= 15 is 0 Å². The molecule has 0 aromatic heterocycles. The van der Waals surface area contributed by atoms with E-state index in [0.29, 0.717) is 12.1 Å². The molecule has 0 fully saturated rings. The van der Waals surface area contributed by atoms with E-state index in [1.165, 1.54) is 12.1 Å². The van der Waals surface area contributed by atoms with Crippen LogP contribution in [0.15, 0.2) is 83.8 Å². The third-order valence-corrected chi connectivity index (χ3v) is 5.43. The number of nitrogens with one attached hydrogen (secondary N) is 2. The molecule has 3 aromatic rings. The van der Waals surface area contributed by atoms with Crippen molar-refractivity contribution in [2.75, 3.05) is 4.72 Å². The monoisotopic (exact) mass is 411 g/mol. The van der Waals surface area contributed by atoms with E-state index < -0.39 is 14.9 Å². The maximum absolute atomic E-state index is 12.5. The van der Waals surface area contributed by atoms with E-state index in [-0.39, 0.29) is 22.2 Å². The number of nitro benzene ring substituents is 1. The van der Waals surface area contributed by atoms with Gasteiger partial charge in [-0.1, -0.05) is 36.4 Å². The smallest absolute Gasteiger partial charge is 0.269 e. The first-order valence-electron chi connectivity index (χ1n) is 8.54. The number of nitro groups is 1. The van der Waals surface area contributed by atoms with Crippen molar-refractivity contribution in [3.05, 3.63) is 100 Å². The lowest BCUT2D eigenvalue weighted by atomic mass is 10.2. The van der Waals surface area contributed by atoms with Gasteiger partial charge in [-0.25, -0.2) is 8.42 Å². The van der Waals surface area contributed by atoms with Gasteiger partial charge < -0.3 is 5.32 Å². The molecule has 0 radical (unpaired) electrons. The average molecular weight is 411 g/mol. The quantitative estimate of drug-likeness (QED) is 0.457. The summed E-state index contributed by atoms with van der Waals surface area (Å²) in [5, 5.41) is 13.5. The van der Waals surface area contributed by atoms with Crippen molar-refractivity contribution < 1.29 is 18.1 Å². The molecule has 3 aromatic carbocycles. The van der Waals surface area contributed by atoms with Crippen molar-refractivity contribution in [2.45, 2.75) is 11.4 Å². The number of carbonyl (C=O) groups is 1. The molecule has 148 valence electrons. The molecule has 8 nitrogen and oxygen atoms in total. The topological polar surface area (TPSA) is 118 Å². The highest BCUT2D eigenvalue weighted by Crippen LogP contribution is 2.20. The Morgan fingerprint density at radius 1 is 0.931 bits per heavy atom. The number of benzene rings is 3. The van der Waals surface area contributed by atoms with Gasteiger partial charge in [-0.15, -0.1) is 0 Å². The molecule has 0 saturated heterocycles. The van der Waals surface area contributed by atoms with Crippen molar-refractivity contribution in [1.82, 2.24) is 5.32 Å². The Morgan fingerprint density at radius 3 is 2.28 bits per heavy atom. The fraction of sp³-hybridized carbons (Fsp3) is 0.0500. The summed E-state index contributed by atoms with van der Waals surface area (Å²) in [6.07, 6.45) is 0. The summed E-state index contributed by atoms with van der Waals surface area (Å²) in [5.41, 5.74) is 1.23. The second-order valence-electron chi connectivity index (χ2n) is 6.11. The molecule has 1 amide bonds. The molecule has 3 rings (SSSR count). The van der Waals surface area contributed by atoms with E-state index in [9.17, 15) is 23.3 Å². The Hall–Kier alpha value is -3.72. The van der Waals surface area contributed by atoms with Crippen molar-refractivity contribution >= 4 is 27.3 Å². The van der Waals surface area contributed by atoms with Gasteiger partial charge in [-0.3, -0.25) is 19.6 Å². The lowest BCUT2D eigenvalue weighted by molar-refractivity contribution is -0.384. The SMILES string of the molecule is O=C(NCc1ccccc1)c1cccc(NS(=O)(=O)c2ccc([N+](=O)[O-])cc2)c1. The molecule has 2 N–H and O–H groups in total. The number of sulfonamides is 1. The maximum atomic E-state index is 12.5. The minimum atomic E-state index is -3.96. The number of amides is 1. The van der Waals surface area contributed by atoms with Crippen LogP contribution in [0.25, 0.3) is 0 Å². The third kappa shape index (κ3) is 5.17. The Morgan fingerprint density at radius 2 is 1.62 bits per heavy atom. The predicted octanol–water partition coefficient (Wildman–Crippen LogP) is 3.33. The van der Waals surface area contributed by atoms with E-state index in [1.54, 1.807) is 12.1 Å². The number of rotatable bonds is 7. The molecule has 0 aliphatic carbocycles. The minimum absolute atomic E-state index is 0.123. The van der Waals surface area contributed by atoms with E-state index in [2.05, 4.69) is 10.0 Å². The van der Waals surface area contributed by atoms with Gasteiger partial charge in [0.25, 0.3) is 21.6 Å². The van der Waals surface area contributed by atoms with Crippen LogP contribution in [0.2, 0.25) is 0 Å². The molecule has 0 aliphatic heterocycles. The van der Waals surface area contributed by atoms with E-state index in [0.717, 1.165) is 29.8 Å². The minimum Gasteiger partial charge on any atom is -0.348 e. The summed E-state index contributed by atoms with van der Waals surface area (Å²) in [4.78, 5) is 22.3. The molecule has 9 heteroatoms. The number of nitrogens with zero attached hydrogens (tertiary/aromatic N) is 1. The summed E-state index contributed by atoms with van der Waals surface area (Å²) >= 11 is 0. The summed E-state index contributed by atoms with van der Waals surface area (Å²) in [5.74, 6) is -0.342. The molecular weight excluding hydrogens is 394 g/mol. The van der Waals surface area contributed by atoms with Gasteiger partial charge in [0, 0.05) is 29.9 Å². The van der Waals surface area contributed by atoms with Gasteiger partial charge in [0.2, 0.25) is 0 Å². The Kier molecular flexibility index (Phi) is 5.89. The summed E-state index contributed by atoms with van der Waals surface area (Å²) in [6.45, 7) is 0.346. The van der Waals surface area contributed by atoms with E-state index in [4.69, 9.17) is 0 Å². The highest BCUT2D eigenvalue weighted by atomic mass is 32.2. The van der Waals surface area contributed by atoms with Crippen LogP contribution >= 0.6 is 0 Å². The van der Waals surface area contributed by atoms with Crippen molar-refractivity contribution in [2.24, 2.45) is 0 Å². The van der Waals surface area contributed by atoms with Crippen LogP contribution in [-0.2, 0) is 16.6 Å². The molecule has 0 bridgehead atoms. The van der Waals surface area contributed by atoms with Gasteiger partial charge in [-0.2, -0.15) is 0 Å². The second-order valence-corrected chi connectivity index (χ2v) is 7.79. The molecule has 0 aliphatic rings. The van der Waals surface area contributed by atoms with Gasteiger partial charge in [-0.05, 0) is 35.9 Å². The number of anilines is 1. The number of carbonyl (C=O) groups excluding carboxylic acids is 1. The van der Waals surface area contributed by atoms with Crippen LogP contribution < -0.4 is 10.0 Å². The van der Waals surface area contributed by atoms with Gasteiger partial charge in [0.05, 0.1) is 9.82 Å². The third-order valence-electron chi connectivity index (χ3n) is 4.03. The normalized spacial score (nSPS) is 10.9. The largest absolute Gasteiger partial charge is 0.348 e. The predicted molar refractivity (Wildman–Crippen MR) is 108 cm³/mol. The maximum Gasteiger partial charge on any atom is 0.269 e. The van der Waals surface area contributed by atoms with Crippen LogP contribution in [0.3, 0.4) is 0 Å². The van der Waals surface area contributed by atoms with Crippen LogP contribution in [0.4, 0.5) is 11.4 Å². The summed E-state index contributed by atoms with van der Waals surface area (Å²) in [7, 11) is -3.96. The average Bonchev–Trinajstić information content (AvgIpc) is 2.72. The van der Waals surface area contributed by atoms with Gasteiger partial charge >= 0.3 is 0 Å². The zero-order valence-electron chi connectivity index (χ0n) is 15.1. The fourth-order valence-electron chi connectivity index (χ4n) is 2.57. The van der Waals surface area contributed by atoms with Gasteiger partial charge in [0.1, 0.15) is 0 Å². The zero-order chi connectivity index (χ0) is 20.9. The first-order chi connectivity index (χ1) is 13.8. The molecule has 0 saturated carbocycles. The Labute approximate surface area is 167 Å². The van der Waals surface area contributed by atoms with Crippen molar-refractivity contribution in [3.8, 4) is 0 Å². The second kappa shape index (κ2) is 8.53. The van der Waals surface area contributed by atoms with Crippen molar-refractivity contribution in [3.63, 3.8) is 0 Å². The van der Waals surface area contributed by atoms with Crippen LogP contribution in [0.5, 0.6) is 0 Å². The first-order valence-corrected chi connectivity index (χ1v) is 10.0. The molecule has 0 spiro atoms. The van der Waals surface area contributed by atoms with Crippen LogP contribution in [-0.4, -0.2) is 19.2 Å². The molecule has 29 heavy (non-hydrogen) atoms. The van der Waals surface area contributed by atoms with E-state index in [1.807, 2.05) is 30.3 Å². The lowest BCUT2D eigenvalue weighted by Crippen LogP contribution is -2.23. The summed E-state index contributed by atoms with van der Waals surface area (Å²) in [6, 6.07) is 20.0. The van der Waals surface area contributed by atoms with Crippen molar-refractivity contribution in [1.29, 1.82) is 0 Å².